The summed E-state index contributed by atoms with van der Waals surface area (Å²) in [5.74, 6) is 0.629. The summed E-state index contributed by atoms with van der Waals surface area (Å²) in [7, 11) is -0.433. The molecule has 1 aromatic heterocycles. The molecule has 0 aliphatic carbocycles. The molecule has 0 saturated heterocycles. The molecule has 0 amide bonds. The molecule has 1 unspecified atom stereocenters. The molecule has 6 nitrogen and oxygen atoms in total. The van der Waals surface area contributed by atoms with E-state index in [1.54, 1.807) is 6.07 Å². The van der Waals surface area contributed by atoms with Gasteiger partial charge in [-0.05, 0) is 26.0 Å². The van der Waals surface area contributed by atoms with E-state index in [4.69, 9.17) is 4.74 Å². The maximum atomic E-state index is 11.8. The van der Waals surface area contributed by atoms with Crippen LogP contribution in [0.4, 0.5) is 5.82 Å². The Balaban J connectivity index is 2.67. The molecule has 0 aliphatic heterocycles. The Morgan fingerprint density at radius 3 is 2.58 bits per heavy atom. The number of rotatable bonds is 7. The zero-order valence-electron chi connectivity index (χ0n) is 11.8. The van der Waals surface area contributed by atoms with Crippen molar-refractivity contribution in [3.63, 3.8) is 0 Å². The fourth-order valence-electron chi connectivity index (χ4n) is 1.44. The van der Waals surface area contributed by atoms with Crippen LogP contribution in [0.3, 0.4) is 0 Å². The van der Waals surface area contributed by atoms with Crippen molar-refractivity contribution in [2.75, 3.05) is 32.6 Å². The van der Waals surface area contributed by atoms with Crippen LogP contribution in [0.1, 0.15) is 13.8 Å². The van der Waals surface area contributed by atoms with Gasteiger partial charge in [-0.15, -0.1) is 0 Å². The lowest BCUT2D eigenvalue weighted by molar-refractivity contribution is 0.0855. The van der Waals surface area contributed by atoms with Gasteiger partial charge in [0.25, 0.3) is 0 Å². The Morgan fingerprint density at radius 2 is 2.11 bits per heavy atom. The average Bonchev–Trinajstić information content (AvgIpc) is 2.37. The van der Waals surface area contributed by atoms with Crippen molar-refractivity contribution in [1.29, 1.82) is 0 Å². The van der Waals surface area contributed by atoms with E-state index >= 15 is 0 Å². The van der Waals surface area contributed by atoms with Gasteiger partial charge < -0.3 is 10.1 Å². The van der Waals surface area contributed by atoms with Gasteiger partial charge in [-0.1, -0.05) is 0 Å². The van der Waals surface area contributed by atoms with Crippen molar-refractivity contribution in [1.82, 2.24) is 9.29 Å². The zero-order valence-corrected chi connectivity index (χ0v) is 12.6. The van der Waals surface area contributed by atoms with Crippen molar-refractivity contribution in [2.45, 2.75) is 24.8 Å². The van der Waals surface area contributed by atoms with E-state index in [0.29, 0.717) is 19.0 Å². The van der Waals surface area contributed by atoms with E-state index in [2.05, 4.69) is 10.3 Å². The van der Waals surface area contributed by atoms with Gasteiger partial charge in [-0.25, -0.2) is 17.7 Å². The third-order valence-corrected chi connectivity index (χ3v) is 4.34. The predicted octanol–water partition coefficient (Wildman–Crippen LogP) is 1.17. The van der Waals surface area contributed by atoms with Gasteiger partial charge >= 0.3 is 0 Å². The molecule has 1 aromatic rings. The highest BCUT2D eigenvalue weighted by atomic mass is 32.2. The smallest absolute Gasteiger partial charge is 0.244 e. The van der Waals surface area contributed by atoms with Crippen molar-refractivity contribution < 1.29 is 13.2 Å². The van der Waals surface area contributed by atoms with Crippen LogP contribution in [0, 0.1) is 0 Å². The molecule has 0 aliphatic rings. The number of hydrogen-bond acceptors (Lipinski definition) is 5. The van der Waals surface area contributed by atoms with Crippen LogP contribution < -0.4 is 5.32 Å². The molecular formula is C12H21N3O3S. The lowest BCUT2D eigenvalue weighted by Crippen LogP contribution is -2.23. The fourth-order valence-corrected chi connectivity index (χ4v) is 2.29. The molecule has 0 spiro atoms. The van der Waals surface area contributed by atoms with Gasteiger partial charge in [0.1, 0.15) is 10.7 Å². The maximum Gasteiger partial charge on any atom is 0.244 e. The molecule has 19 heavy (non-hydrogen) atoms. The first-order chi connectivity index (χ1) is 8.87. The number of ether oxygens (including phenoxy) is 1. The number of aromatic nitrogens is 1. The number of sulfonamides is 1. The molecule has 1 rings (SSSR count). The summed E-state index contributed by atoms with van der Waals surface area (Å²) in [5.41, 5.74) is 0. The number of nitrogens with zero attached hydrogens (tertiary/aromatic N) is 2. The van der Waals surface area contributed by atoms with E-state index in [1.165, 1.54) is 26.4 Å². The largest absolute Gasteiger partial charge is 0.377 e. The number of pyridine rings is 1. The molecule has 0 saturated carbocycles. The molecular weight excluding hydrogens is 266 g/mol. The van der Waals surface area contributed by atoms with Crippen LogP contribution in [0.15, 0.2) is 23.2 Å². The summed E-state index contributed by atoms with van der Waals surface area (Å²) in [5, 5.41) is 3.09. The zero-order chi connectivity index (χ0) is 14.5. The van der Waals surface area contributed by atoms with Crippen molar-refractivity contribution in [2.24, 2.45) is 0 Å². The highest BCUT2D eigenvalue weighted by Gasteiger charge is 2.17. The van der Waals surface area contributed by atoms with Crippen LogP contribution in [-0.2, 0) is 14.8 Å². The number of anilines is 1. The third kappa shape index (κ3) is 4.45. The summed E-state index contributed by atoms with van der Waals surface area (Å²) < 4.78 is 30.2. The lowest BCUT2D eigenvalue weighted by Gasteiger charge is -2.14. The summed E-state index contributed by atoms with van der Waals surface area (Å²) in [4.78, 5) is 4.27. The predicted molar refractivity (Wildman–Crippen MR) is 74.7 cm³/mol. The van der Waals surface area contributed by atoms with E-state index in [-0.39, 0.29) is 11.0 Å². The molecule has 108 valence electrons. The maximum absolute atomic E-state index is 11.8. The van der Waals surface area contributed by atoms with Gasteiger partial charge in [0.05, 0.1) is 6.10 Å². The monoisotopic (exact) mass is 287 g/mol. The van der Waals surface area contributed by atoms with Crippen LogP contribution in [-0.4, -0.2) is 51.1 Å². The van der Waals surface area contributed by atoms with E-state index in [9.17, 15) is 8.42 Å². The molecule has 0 fully saturated rings. The number of hydrogen-bond donors (Lipinski definition) is 1. The molecule has 0 aromatic carbocycles. The first-order valence-corrected chi connectivity index (χ1v) is 7.56. The molecule has 7 heteroatoms. The molecule has 1 N–H and O–H groups in total. The highest BCUT2D eigenvalue weighted by molar-refractivity contribution is 7.89. The van der Waals surface area contributed by atoms with Crippen LogP contribution in [0.25, 0.3) is 0 Å². The van der Waals surface area contributed by atoms with Gasteiger partial charge in [0.2, 0.25) is 10.0 Å². The first kappa shape index (κ1) is 15.9. The van der Waals surface area contributed by atoms with Crippen molar-refractivity contribution in [3.8, 4) is 0 Å². The Morgan fingerprint density at radius 1 is 1.42 bits per heavy atom. The Kier molecular flexibility index (Phi) is 5.71. The summed E-state index contributed by atoms with van der Waals surface area (Å²) in [6, 6.07) is 3.19. The van der Waals surface area contributed by atoms with Gasteiger partial charge in [-0.2, -0.15) is 0 Å². The minimum atomic E-state index is -3.42. The molecule has 0 bridgehead atoms. The second-order valence-electron chi connectivity index (χ2n) is 4.31. The van der Waals surface area contributed by atoms with Crippen LogP contribution in [0.2, 0.25) is 0 Å². The summed E-state index contributed by atoms with van der Waals surface area (Å²) in [6.45, 7) is 5.19. The molecule has 1 heterocycles. The van der Waals surface area contributed by atoms with Crippen molar-refractivity contribution >= 4 is 15.8 Å². The Labute approximate surface area is 114 Å². The van der Waals surface area contributed by atoms with Gasteiger partial charge in [-0.3, -0.25) is 0 Å². The second kappa shape index (κ2) is 6.83. The fraction of sp³-hybridized carbons (Fsp3) is 0.583. The Bertz CT molecular complexity index is 485. The normalized spacial score (nSPS) is 13.5. The molecule has 0 radical (unpaired) electrons. The molecule has 1 atom stereocenters. The topological polar surface area (TPSA) is 71.5 Å². The highest BCUT2D eigenvalue weighted by Crippen LogP contribution is 2.13. The standard InChI is InChI=1S/C12H21N3O3S/c1-5-18-10(2)8-13-12-7-6-11(9-14-12)19(16,17)15(3)4/h6-7,9-10H,5,8H2,1-4H3,(H,13,14). The quantitative estimate of drug-likeness (QED) is 0.815. The second-order valence-corrected chi connectivity index (χ2v) is 6.47. The van der Waals surface area contributed by atoms with E-state index in [0.717, 1.165) is 4.31 Å². The Hall–Kier alpha value is -1.18. The van der Waals surface area contributed by atoms with Crippen LogP contribution >= 0.6 is 0 Å². The SMILES string of the molecule is CCOC(C)CNc1ccc(S(=O)(=O)N(C)C)cn1. The first-order valence-electron chi connectivity index (χ1n) is 6.12. The number of nitrogens with one attached hydrogen (secondary N) is 1. The minimum absolute atomic E-state index is 0.0805. The van der Waals surface area contributed by atoms with Crippen LogP contribution in [0.5, 0.6) is 0 Å². The third-order valence-electron chi connectivity index (χ3n) is 2.54. The van der Waals surface area contributed by atoms with E-state index < -0.39 is 10.0 Å². The van der Waals surface area contributed by atoms with E-state index in [1.807, 2.05) is 13.8 Å². The van der Waals surface area contributed by atoms with Crippen molar-refractivity contribution in [3.05, 3.63) is 18.3 Å². The summed E-state index contributed by atoms with van der Waals surface area (Å²) >= 11 is 0. The lowest BCUT2D eigenvalue weighted by atomic mass is 10.4. The minimum Gasteiger partial charge on any atom is -0.377 e. The summed E-state index contributed by atoms with van der Waals surface area (Å²) in [6.07, 6.45) is 1.43. The van der Waals surface area contributed by atoms with Gasteiger partial charge in [0.15, 0.2) is 0 Å². The van der Waals surface area contributed by atoms with Gasteiger partial charge in [0, 0.05) is 33.4 Å². The average molecular weight is 287 g/mol.